The molecule has 1 aromatic rings. The van der Waals surface area contributed by atoms with Crippen LogP contribution in [0.2, 0.25) is 0 Å². The minimum absolute atomic E-state index is 0.206. The van der Waals surface area contributed by atoms with Gasteiger partial charge in [-0.3, -0.25) is 10.1 Å². The van der Waals surface area contributed by atoms with Crippen LogP contribution in [0.3, 0.4) is 0 Å². The molecule has 0 N–H and O–H groups in total. The van der Waals surface area contributed by atoms with Crippen molar-refractivity contribution in [3.8, 4) is 0 Å². The van der Waals surface area contributed by atoms with Gasteiger partial charge in [-0.1, -0.05) is 6.07 Å². The summed E-state index contributed by atoms with van der Waals surface area (Å²) in [4.78, 5) is 21.2. The van der Waals surface area contributed by atoms with Crippen molar-refractivity contribution in [2.45, 2.75) is 5.75 Å². The van der Waals surface area contributed by atoms with Gasteiger partial charge < -0.3 is 4.74 Å². The van der Waals surface area contributed by atoms with Gasteiger partial charge in [0.2, 0.25) is 0 Å². The third-order valence-corrected chi connectivity index (χ3v) is 2.60. The van der Waals surface area contributed by atoms with E-state index in [0.29, 0.717) is 0 Å². The standard InChI is InChI=1S/C9H9NO6S/c1-16-9(11)7-3-2-6(5-17(14)15)4-8(7)10(12)13/h2-4,17H,5H2,1H3. The van der Waals surface area contributed by atoms with Crippen LogP contribution >= 0.6 is 0 Å². The fraction of sp³-hybridized carbons (Fsp3) is 0.222. The number of methoxy groups -OCH3 is 1. The highest BCUT2D eigenvalue weighted by molar-refractivity contribution is 7.71. The molecule has 0 fully saturated rings. The summed E-state index contributed by atoms with van der Waals surface area (Å²) in [6.07, 6.45) is 0. The van der Waals surface area contributed by atoms with E-state index in [1.54, 1.807) is 0 Å². The Morgan fingerprint density at radius 3 is 2.59 bits per heavy atom. The summed E-state index contributed by atoms with van der Waals surface area (Å²) in [5, 5.41) is 10.7. The van der Waals surface area contributed by atoms with Crippen molar-refractivity contribution >= 4 is 22.4 Å². The number of carbonyl (C=O) groups excluding carboxylic acids is 1. The van der Waals surface area contributed by atoms with Crippen molar-refractivity contribution in [3.05, 3.63) is 39.4 Å². The fourth-order valence-corrected chi connectivity index (χ4v) is 1.75. The Bertz CT molecular complexity index is 528. The van der Waals surface area contributed by atoms with E-state index in [4.69, 9.17) is 0 Å². The smallest absolute Gasteiger partial charge is 0.344 e. The molecule has 0 saturated heterocycles. The fourth-order valence-electron chi connectivity index (χ4n) is 1.26. The summed E-state index contributed by atoms with van der Waals surface area (Å²) in [7, 11) is -1.57. The van der Waals surface area contributed by atoms with Crippen LogP contribution in [0.5, 0.6) is 0 Å². The molecule has 0 spiro atoms. The molecule has 0 saturated carbocycles. The highest BCUT2D eigenvalue weighted by Gasteiger charge is 2.21. The number of nitro benzene ring substituents is 1. The molecule has 7 nitrogen and oxygen atoms in total. The Labute approximate surface area is 98.1 Å². The zero-order valence-electron chi connectivity index (χ0n) is 8.78. The largest absolute Gasteiger partial charge is 0.465 e. The van der Waals surface area contributed by atoms with Crippen molar-refractivity contribution in [1.82, 2.24) is 0 Å². The summed E-state index contributed by atoms with van der Waals surface area (Å²) < 4.78 is 25.4. The second-order valence-electron chi connectivity index (χ2n) is 3.09. The van der Waals surface area contributed by atoms with Crippen LogP contribution in [-0.4, -0.2) is 26.4 Å². The van der Waals surface area contributed by atoms with Gasteiger partial charge in [-0.15, -0.1) is 0 Å². The highest BCUT2D eigenvalue weighted by atomic mass is 32.2. The maximum atomic E-state index is 11.2. The first kappa shape index (κ1) is 13.1. The average molecular weight is 259 g/mol. The van der Waals surface area contributed by atoms with Gasteiger partial charge in [0.1, 0.15) is 16.3 Å². The maximum Gasteiger partial charge on any atom is 0.344 e. The van der Waals surface area contributed by atoms with Crippen LogP contribution in [0.4, 0.5) is 5.69 Å². The molecular weight excluding hydrogens is 250 g/mol. The van der Waals surface area contributed by atoms with Gasteiger partial charge >= 0.3 is 5.97 Å². The van der Waals surface area contributed by atoms with E-state index in [1.807, 2.05) is 0 Å². The number of thiol groups is 1. The number of carbonyl (C=O) groups is 1. The second kappa shape index (κ2) is 5.39. The van der Waals surface area contributed by atoms with E-state index in [1.165, 1.54) is 12.1 Å². The SMILES string of the molecule is COC(=O)c1ccc(C[SH](=O)=O)cc1[N+](=O)[O-]. The Balaban J connectivity index is 3.26. The molecule has 0 bridgehead atoms. The molecule has 1 rings (SSSR count). The van der Waals surface area contributed by atoms with Gasteiger partial charge in [-0.05, 0) is 11.6 Å². The van der Waals surface area contributed by atoms with Gasteiger partial charge in [-0.2, -0.15) is 0 Å². The van der Waals surface area contributed by atoms with Crippen molar-refractivity contribution in [2.24, 2.45) is 0 Å². The molecule has 0 aliphatic rings. The third-order valence-electron chi connectivity index (χ3n) is 1.98. The van der Waals surface area contributed by atoms with E-state index in [-0.39, 0.29) is 16.9 Å². The van der Waals surface area contributed by atoms with Crippen molar-refractivity contribution in [3.63, 3.8) is 0 Å². The lowest BCUT2D eigenvalue weighted by molar-refractivity contribution is -0.385. The number of hydrogen-bond donors (Lipinski definition) is 1. The highest BCUT2D eigenvalue weighted by Crippen LogP contribution is 2.21. The van der Waals surface area contributed by atoms with E-state index >= 15 is 0 Å². The quantitative estimate of drug-likeness (QED) is 0.365. The molecular formula is C9H9NO6S. The monoisotopic (exact) mass is 259 g/mol. The summed E-state index contributed by atoms with van der Waals surface area (Å²) in [5.74, 6) is -1.15. The normalized spacial score (nSPS) is 10.2. The molecule has 0 amide bonds. The van der Waals surface area contributed by atoms with E-state index in [9.17, 15) is 23.3 Å². The summed E-state index contributed by atoms with van der Waals surface area (Å²) in [6.45, 7) is 0. The first-order valence-corrected chi connectivity index (χ1v) is 5.79. The van der Waals surface area contributed by atoms with Crippen LogP contribution in [0.15, 0.2) is 18.2 Å². The molecule has 17 heavy (non-hydrogen) atoms. The molecule has 92 valence electrons. The van der Waals surface area contributed by atoms with Gasteiger partial charge in [0.15, 0.2) is 0 Å². The number of nitro groups is 1. The average Bonchev–Trinajstić information content (AvgIpc) is 2.27. The summed E-state index contributed by atoms with van der Waals surface area (Å²) in [6, 6.07) is 3.57. The number of nitrogens with zero attached hydrogens (tertiary/aromatic N) is 1. The lowest BCUT2D eigenvalue weighted by Crippen LogP contribution is -2.06. The lowest BCUT2D eigenvalue weighted by Gasteiger charge is -2.02. The maximum absolute atomic E-state index is 11.2. The Hall–Kier alpha value is -1.96. The summed E-state index contributed by atoms with van der Waals surface area (Å²) >= 11 is 0. The van der Waals surface area contributed by atoms with Crippen LogP contribution in [0, 0.1) is 10.1 Å². The molecule has 0 aromatic heterocycles. The number of esters is 1. The van der Waals surface area contributed by atoms with Crippen molar-refractivity contribution < 1.29 is 22.9 Å². The zero-order valence-corrected chi connectivity index (χ0v) is 9.68. The topological polar surface area (TPSA) is 104 Å². The Kier molecular flexibility index (Phi) is 4.16. The van der Waals surface area contributed by atoms with Gasteiger partial charge in [0.05, 0.1) is 17.8 Å². The van der Waals surface area contributed by atoms with Gasteiger partial charge in [0.25, 0.3) is 5.69 Å². The number of benzene rings is 1. The second-order valence-corrected chi connectivity index (χ2v) is 4.07. The minimum Gasteiger partial charge on any atom is -0.465 e. The molecule has 0 heterocycles. The van der Waals surface area contributed by atoms with E-state index < -0.39 is 27.3 Å². The molecule has 0 atom stereocenters. The molecule has 0 aliphatic carbocycles. The number of rotatable bonds is 4. The van der Waals surface area contributed by atoms with Crippen LogP contribution in [0.1, 0.15) is 15.9 Å². The third kappa shape index (κ3) is 3.25. The van der Waals surface area contributed by atoms with E-state index in [0.717, 1.165) is 13.2 Å². The molecule has 0 unspecified atom stereocenters. The Morgan fingerprint density at radius 1 is 1.47 bits per heavy atom. The number of hydrogen-bond acceptors (Lipinski definition) is 6. The predicted molar refractivity (Wildman–Crippen MR) is 58.5 cm³/mol. The van der Waals surface area contributed by atoms with E-state index in [2.05, 4.69) is 4.74 Å². The zero-order chi connectivity index (χ0) is 13.0. The van der Waals surface area contributed by atoms with Gasteiger partial charge in [-0.25, -0.2) is 13.2 Å². The first-order valence-electron chi connectivity index (χ1n) is 4.43. The van der Waals surface area contributed by atoms with Gasteiger partial charge in [0, 0.05) is 6.07 Å². The molecule has 0 radical (unpaired) electrons. The van der Waals surface area contributed by atoms with Crippen molar-refractivity contribution in [2.75, 3.05) is 7.11 Å². The molecule has 0 aliphatic heterocycles. The van der Waals surface area contributed by atoms with Crippen molar-refractivity contribution in [1.29, 1.82) is 0 Å². The molecule has 1 aromatic carbocycles. The summed E-state index contributed by atoms with van der Waals surface area (Å²) in [5.41, 5.74) is -0.422. The lowest BCUT2D eigenvalue weighted by atomic mass is 10.1. The van der Waals surface area contributed by atoms with Crippen LogP contribution < -0.4 is 0 Å². The Morgan fingerprint density at radius 2 is 2.12 bits per heavy atom. The molecule has 8 heteroatoms. The van der Waals surface area contributed by atoms with Crippen LogP contribution in [-0.2, 0) is 21.2 Å². The minimum atomic E-state index is -2.68. The number of ether oxygens (including phenoxy) is 1. The van der Waals surface area contributed by atoms with Crippen LogP contribution in [0.25, 0.3) is 0 Å². The first-order chi connectivity index (χ1) is 7.95. The predicted octanol–water partition coefficient (Wildman–Crippen LogP) is 0.493.